The maximum Gasteiger partial charge on any atom is 0.404 e. The Morgan fingerprint density at radius 3 is 2.21 bits per heavy atom. The lowest BCUT2D eigenvalue weighted by Gasteiger charge is -2.40. The van der Waals surface area contributed by atoms with Crippen molar-refractivity contribution < 1.29 is 27.8 Å². The number of carboxylic acid groups (broad SMARTS) is 1. The van der Waals surface area contributed by atoms with Crippen molar-refractivity contribution in [2.24, 2.45) is 17.8 Å². The van der Waals surface area contributed by atoms with Crippen LogP contribution in [0, 0.1) is 17.8 Å². The van der Waals surface area contributed by atoms with Crippen LogP contribution in [0.15, 0.2) is 0 Å². The Labute approximate surface area is 195 Å². The number of ether oxygens (including phenoxy) is 1. The van der Waals surface area contributed by atoms with E-state index in [0.29, 0.717) is 30.4 Å². The molecule has 7 nitrogen and oxygen atoms in total. The molecule has 0 aromatic rings. The van der Waals surface area contributed by atoms with Gasteiger partial charge in [-0.3, -0.25) is 20.7 Å². The van der Waals surface area contributed by atoms with E-state index >= 15 is 0 Å². The molecule has 1 saturated heterocycles. The molecule has 1 aliphatic heterocycles. The Hall–Kier alpha value is -0.940. The molecule has 0 bridgehead atoms. The smallest absolute Gasteiger partial charge is 0.404 e. The molecule has 2 aliphatic carbocycles. The number of aliphatic carboxylic acids is 1. The van der Waals surface area contributed by atoms with Crippen LogP contribution in [0.1, 0.15) is 64.2 Å². The Balaban J connectivity index is 1.28. The summed E-state index contributed by atoms with van der Waals surface area (Å²) in [6.45, 7) is 2.23. The van der Waals surface area contributed by atoms with Crippen molar-refractivity contribution in [3.63, 3.8) is 0 Å². The predicted molar refractivity (Wildman–Crippen MR) is 120 cm³/mol. The second-order valence-electron chi connectivity index (χ2n) is 10.1. The molecule has 0 radical (unpaired) electrons. The number of methoxy groups -OCH3 is 1. The van der Waals surface area contributed by atoms with Gasteiger partial charge < -0.3 is 15.2 Å². The van der Waals surface area contributed by atoms with Crippen molar-refractivity contribution in [3.8, 4) is 0 Å². The quantitative estimate of drug-likeness (QED) is 0.330. The zero-order chi connectivity index (χ0) is 23.8. The van der Waals surface area contributed by atoms with Gasteiger partial charge in [0.05, 0.1) is 12.5 Å². The zero-order valence-corrected chi connectivity index (χ0v) is 19.6. The summed E-state index contributed by atoms with van der Waals surface area (Å²) in [6, 6.07) is -1.57. The van der Waals surface area contributed by atoms with E-state index in [9.17, 15) is 18.0 Å². The fraction of sp³-hybridized carbons (Fsp3) is 0.957. The standard InChI is InChI=1S/C23H41F3N4O3/c1-33-19-8-4-16(5-9-19)17-13-28-22(29-14-17)30-18-6-2-15(3-7-18)10-11-27-20(12-21(31)32)23(24,25)26/h15-20,22,27-30H,2-14H2,1H3,(H,31,32). The third kappa shape index (κ3) is 8.65. The molecule has 1 heterocycles. The molecule has 0 amide bonds. The van der Waals surface area contributed by atoms with Crippen LogP contribution in [0.4, 0.5) is 13.2 Å². The van der Waals surface area contributed by atoms with E-state index in [-0.39, 0.29) is 12.8 Å². The first kappa shape index (κ1) is 26.7. The summed E-state index contributed by atoms with van der Waals surface area (Å²) in [4.78, 5) is 10.7. The van der Waals surface area contributed by atoms with Gasteiger partial charge in [0.2, 0.25) is 0 Å². The van der Waals surface area contributed by atoms with Crippen molar-refractivity contribution >= 4 is 5.97 Å². The Morgan fingerprint density at radius 1 is 1.03 bits per heavy atom. The van der Waals surface area contributed by atoms with Gasteiger partial charge in [0.15, 0.2) is 0 Å². The molecule has 33 heavy (non-hydrogen) atoms. The zero-order valence-electron chi connectivity index (χ0n) is 19.6. The lowest BCUT2D eigenvalue weighted by Crippen LogP contribution is -2.63. The summed E-state index contributed by atoms with van der Waals surface area (Å²) in [5, 5.41) is 22.0. The summed E-state index contributed by atoms with van der Waals surface area (Å²) in [5.41, 5.74) is 0. The van der Waals surface area contributed by atoms with Crippen LogP contribution in [0.5, 0.6) is 0 Å². The van der Waals surface area contributed by atoms with E-state index in [2.05, 4.69) is 21.3 Å². The van der Waals surface area contributed by atoms with Crippen molar-refractivity contribution in [2.45, 2.75) is 94.9 Å². The number of carboxylic acids is 1. The number of rotatable bonds is 10. The van der Waals surface area contributed by atoms with Crippen LogP contribution >= 0.6 is 0 Å². The molecule has 2 saturated carbocycles. The van der Waals surface area contributed by atoms with Crippen LogP contribution in [0.3, 0.4) is 0 Å². The van der Waals surface area contributed by atoms with Gasteiger partial charge in [0.1, 0.15) is 12.3 Å². The molecule has 3 aliphatic rings. The number of alkyl halides is 3. The summed E-state index contributed by atoms with van der Waals surface area (Å²) in [6.07, 6.45) is 4.49. The lowest BCUT2D eigenvalue weighted by molar-refractivity contribution is -0.167. The fourth-order valence-electron chi connectivity index (χ4n) is 5.72. The van der Waals surface area contributed by atoms with Crippen LogP contribution in [-0.4, -0.2) is 68.5 Å². The summed E-state index contributed by atoms with van der Waals surface area (Å²) >= 11 is 0. The molecule has 0 aromatic carbocycles. The van der Waals surface area contributed by atoms with Crippen molar-refractivity contribution in [1.82, 2.24) is 21.3 Å². The average molecular weight is 479 g/mol. The monoisotopic (exact) mass is 478 g/mol. The molecule has 1 atom stereocenters. The van der Waals surface area contributed by atoms with E-state index in [0.717, 1.165) is 57.5 Å². The van der Waals surface area contributed by atoms with Gasteiger partial charge in [-0.2, -0.15) is 13.2 Å². The molecule has 1 unspecified atom stereocenters. The minimum absolute atomic E-state index is 0.114. The van der Waals surface area contributed by atoms with Crippen LogP contribution in [-0.2, 0) is 9.53 Å². The van der Waals surface area contributed by atoms with Crippen LogP contribution < -0.4 is 21.3 Å². The van der Waals surface area contributed by atoms with Crippen molar-refractivity contribution in [1.29, 1.82) is 0 Å². The van der Waals surface area contributed by atoms with Crippen molar-refractivity contribution in [3.05, 3.63) is 0 Å². The summed E-state index contributed by atoms with van der Waals surface area (Å²) in [7, 11) is 1.81. The Morgan fingerprint density at radius 2 is 1.67 bits per heavy atom. The number of hydrogen-bond donors (Lipinski definition) is 5. The Bertz CT molecular complexity index is 586. The highest BCUT2D eigenvalue weighted by Gasteiger charge is 2.40. The van der Waals surface area contributed by atoms with E-state index in [1.807, 2.05) is 0 Å². The van der Waals surface area contributed by atoms with E-state index in [1.165, 1.54) is 12.8 Å². The van der Waals surface area contributed by atoms with Gasteiger partial charge >= 0.3 is 12.1 Å². The first-order chi connectivity index (χ1) is 15.7. The molecule has 0 spiro atoms. The maximum absolute atomic E-state index is 12.9. The lowest BCUT2D eigenvalue weighted by atomic mass is 9.78. The largest absolute Gasteiger partial charge is 0.481 e. The van der Waals surface area contributed by atoms with Gasteiger partial charge in [-0.15, -0.1) is 0 Å². The van der Waals surface area contributed by atoms with Gasteiger partial charge in [-0.05, 0) is 82.1 Å². The minimum atomic E-state index is -4.54. The highest BCUT2D eigenvalue weighted by Crippen LogP contribution is 2.32. The first-order valence-corrected chi connectivity index (χ1v) is 12.5. The average Bonchev–Trinajstić information content (AvgIpc) is 2.79. The Kier molecular flexibility index (Phi) is 10.2. The third-order valence-corrected chi connectivity index (χ3v) is 7.85. The molecular weight excluding hydrogens is 437 g/mol. The second-order valence-corrected chi connectivity index (χ2v) is 10.1. The predicted octanol–water partition coefficient (Wildman–Crippen LogP) is 2.82. The van der Waals surface area contributed by atoms with Gasteiger partial charge in [-0.1, -0.05) is 0 Å². The number of hydrogen-bond acceptors (Lipinski definition) is 6. The van der Waals surface area contributed by atoms with Gasteiger partial charge in [-0.25, -0.2) is 0 Å². The minimum Gasteiger partial charge on any atom is -0.481 e. The second kappa shape index (κ2) is 12.7. The topological polar surface area (TPSA) is 94.7 Å². The molecular formula is C23H41F3N4O3. The fourth-order valence-corrected chi connectivity index (χ4v) is 5.72. The van der Waals surface area contributed by atoms with Gasteiger partial charge in [0.25, 0.3) is 0 Å². The summed E-state index contributed by atoms with van der Waals surface area (Å²) < 4.78 is 44.3. The highest BCUT2D eigenvalue weighted by atomic mass is 19.4. The van der Waals surface area contributed by atoms with E-state index in [1.54, 1.807) is 7.11 Å². The SMILES string of the molecule is COC1CCC(C2CNC(NC3CCC(CCNC(CC(=O)O)C(F)(F)F)CC3)NC2)CC1. The maximum atomic E-state index is 12.9. The number of halogens is 3. The molecule has 10 heteroatoms. The molecule has 3 rings (SSSR count). The normalized spacial score (nSPS) is 34.7. The molecule has 192 valence electrons. The number of carbonyl (C=O) groups is 1. The molecule has 0 aromatic heterocycles. The van der Waals surface area contributed by atoms with Crippen molar-refractivity contribution in [2.75, 3.05) is 26.7 Å². The first-order valence-electron chi connectivity index (χ1n) is 12.5. The number of nitrogens with one attached hydrogen (secondary N) is 4. The molecule has 3 fully saturated rings. The van der Waals surface area contributed by atoms with E-state index in [4.69, 9.17) is 9.84 Å². The highest BCUT2D eigenvalue weighted by molar-refractivity contribution is 5.67. The third-order valence-electron chi connectivity index (χ3n) is 7.85. The molecule has 5 N–H and O–H groups in total. The van der Waals surface area contributed by atoms with E-state index < -0.39 is 24.6 Å². The van der Waals surface area contributed by atoms with Crippen LogP contribution in [0.25, 0.3) is 0 Å². The van der Waals surface area contributed by atoms with Gasteiger partial charge in [0, 0.05) is 26.2 Å². The summed E-state index contributed by atoms with van der Waals surface area (Å²) in [5.74, 6) is 0.360. The van der Waals surface area contributed by atoms with Crippen LogP contribution in [0.2, 0.25) is 0 Å².